The predicted molar refractivity (Wildman–Crippen MR) is 137 cm³/mol. The molecule has 36 heavy (non-hydrogen) atoms. The highest BCUT2D eigenvalue weighted by molar-refractivity contribution is 6.00. The molecule has 0 aliphatic heterocycles. The van der Waals surface area contributed by atoms with Crippen molar-refractivity contribution in [2.24, 2.45) is 0 Å². The fraction of sp³-hybridized carbons (Fsp3) is 0.222. The summed E-state index contributed by atoms with van der Waals surface area (Å²) in [4.78, 5) is 35.1. The summed E-state index contributed by atoms with van der Waals surface area (Å²) >= 11 is 0. The van der Waals surface area contributed by atoms with Crippen molar-refractivity contribution in [2.45, 2.75) is 39.4 Å². The molecule has 0 aliphatic rings. The van der Waals surface area contributed by atoms with E-state index in [4.69, 9.17) is 14.6 Å². The number of hydrogen-bond donors (Lipinski definition) is 4. The van der Waals surface area contributed by atoms with Crippen LogP contribution in [0.3, 0.4) is 0 Å². The van der Waals surface area contributed by atoms with E-state index in [1.54, 1.807) is 55.5 Å². The molecular weight excluding hydrogens is 462 g/mol. The third kappa shape index (κ3) is 8.68. The molecule has 0 bridgehead atoms. The SMILES string of the molecule is Cc1ccccc1NC(=O)Nc1ccc(NC(=O)OCc2cccc(OC(C)CCC(=O)O)c2)cc1. The standard InChI is InChI=1S/C27H29N3O6/c1-18-6-3-4-9-24(18)30-26(33)28-21-11-13-22(14-12-21)29-27(34)35-17-20-7-5-8-23(16-20)36-19(2)10-15-25(31)32/h3-9,11-14,16,19H,10,15,17H2,1-2H3,(H,29,34)(H,31,32)(H2,28,30,33). The molecule has 3 aromatic carbocycles. The molecule has 0 radical (unpaired) electrons. The molecule has 0 aromatic heterocycles. The Bertz CT molecular complexity index is 1200. The number of carbonyl (C=O) groups excluding carboxylic acids is 2. The summed E-state index contributed by atoms with van der Waals surface area (Å²) in [5, 5.41) is 16.9. The summed E-state index contributed by atoms with van der Waals surface area (Å²) in [5.74, 6) is -0.294. The highest BCUT2D eigenvalue weighted by atomic mass is 16.5. The maximum atomic E-state index is 12.2. The normalized spacial score (nSPS) is 11.2. The van der Waals surface area contributed by atoms with E-state index >= 15 is 0 Å². The average molecular weight is 492 g/mol. The summed E-state index contributed by atoms with van der Waals surface area (Å²) in [7, 11) is 0. The van der Waals surface area contributed by atoms with Crippen molar-refractivity contribution in [3.05, 3.63) is 83.9 Å². The molecule has 3 amide bonds. The van der Waals surface area contributed by atoms with E-state index in [1.165, 1.54) is 0 Å². The number of rotatable bonds is 10. The van der Waals surface area contributed by atoms with E-state index < -0.39 is 12.1 Å². The van der Waals surface area contributed by atoms with Crippen molar-refractivity contribution in [3.8, 4) is 5.75 Å². The first kappa shape index (κ1) is 26.1. The number of carboxylic acid groups (broad SMARTS) is 1. The molecule has 0 aliphatic carbocycles. The van der Waals surface area contributed by atoms with Gasteiger partial charge in [-0.2, -0.15) is 0 Å². The number of benzene rings is 3. The van der Waals surface area contributed by atoms with Crippen LogP contribution in [-0.4, -0.2) is 29.3 Å². The zero-order chi connectivity index (χ0) is 25.9. The molecule has 0 spiro atoms. The molecular formula is C27H29N3O6. The number of carboxylic acids is 1. The van der Waals surface area contributed by atoms with E-state index in [2.05, 4.69) is 16.0 Å². The Kier molecular flexibility index (Phi) is 9.27. The van der Waals surface area contributed by atoms with Crippen LogP contribution in [-0.2, 0) is 16.1 Å². The maximum Gasteiger partial charge on any atom is 0.411 e. The van der Waals surface area contributed by atoms with E-state index in [-0.39, 0.29) is 25.2 Å². The van der Waals surface area contributed by atoms with Crippen molar-refractivity contribution < 1.29 is 29.0 Å². The van der Waals surface area contributed by atoms with Gasteiger partial charge in [-0.3, -0.25) is 10.1 Å². The summed E-state index contributed by atoms with van der Waals surface area (Å²) in [6.07, 6.45) is -0.466. The smallest absolute Gasteiger partial charge is 0.411 e. The van der Waals surface area contributed by atoms with Gasteiger partial charge in [-0.25, -0.2) is 9.59 Å². The molecule has 9 heteroatoms. The van der Waals surface area contributed by atoms with Crippen LogP contribution in [0.25, 0.3) is 0 Å². The van der Waals surface area contributed by atoms with E-state index in [1.807, 2.05) is 31.2 Å². The van der Waals surface area contributed by atoms with Gasteiger partial charge in [-0.1, -0.05) is 30.3 Å². The van der Waals surface area contributed by atoms with Crippen LogP contribution in [0.2, 0.25) is 0 Å². The summed E-state index contributed by atoms with van der Waals surface area (Å²) in [6, 6.07) is 20.8. The lowest BCUT2D eigenvalue weighted by Gasteiger charge is -2.14. The van der Waals surface area contributed by atoms with Crippen LogP contribution in [0.5, 0.6) is 5.75 Å². The molecule has 3 aromatic rings. The maximum absolute atomic E-state index is 12.2. The van der Waals surface area contributed by atoms with Crippen LogP contribution < -0.4 is 20.7 Å². The lowest BCUT2D eigenvalue weighted by Crippen LogP contribution is -2.20. The zero-order valence-electron chi connectivity index (χ0n) is 20.1. The fourth-order valence-electron chi connectivity index (χ4n) is 3.26. The van der Waals surface area contributed by atoms with Crippen molar-refractivity contribution >= 4 is 35.2 Å². The Morgan fingerprint density at radius 1 is 0.889 bits per heavy atom. The second-order valence-corrected chi connectivity index (χ2v) is 8.18. The molecule has 9 nitrogen and oxygen atoms in total. The Morgan fingerprint density at radius 2 is 1.58 bits per heavy atom. The number of aryl methyl sites for hydroxylation is 1. The quantitative estimate of drug-likeness (QED) is 0.275. The van der Waals surface area contributed by atoms with Crippen molar-refractivity contribution in [3.63, 3.8) is 0 Å². The molecule has 0 fully saturated rings. The number of hydrogen-bond acceptors (Lipinski definition) is 5. The van der Waals surface area contributed by atoms with Gasteiger partial charge in [-0.15, -0.1) is 0 Å². The summed E-state index contributed by atoms with van der Waals surface area (Å²) in [6.45, 7) is 3.74. The van der Waals surface area contributed by atoms with Gasteiger partial charge < -0.3 is 25.2 Å². The lowest BCUT2D eigenvalue weighted by molar-refractivity contribution is -0.137. The first-order valence-electron chi connectivity index (χ1n) is 11.4. The molecule has 4 N–H and O–H groups in total. The van der Waals surface area contributed by atoms with Crippen molar-refractivity contribution in [1.82, 2.24) is 0 Å². The van der Waals surface area contributed by atoms with Gasteiger partial charge in [0.25, 0.3) is 0 Å². The van der Waals surface area contributed by atoms with Crippen LogP contribution in [0.1, 0.15) is 30.9 Å². The number of urea groups is 1. The summed E-state index contributed by atoms with van der Waals surface area (Å²) in [5.41, 5.74) is 3.48. The monoisotopic (exact) mass is 491 g/mol. The Hall–Kier alpha value is -4.53. The van der Waals surface area contributed by atoms with Gasteiger partial charge >= 0.3 is 18.1 Å². The van der Waals surface area contributed by atoms with E-state index in [0.717, 1.165) is 16.8 Å². The van der Waals surface area contributed by atoms with E-state index in [0.29, 0.717) is 23.5 Å². The Labute approximate surface area is 209 Å². The lowest BCUT2D eigenvalue weighted by atomic mass is 10.2. The fourth-order valence-corrected chi connectivity index (χ4v) is 3.26. The van der Waals surface area contributed by atoms with Gasteiger partial charge in [0.2, 0.25) is 0 Å². The number of para-hydroxylation sites is 1. The summed E-state index contributed by atoms with van der Waals surface area (Å²) < 4.78 is 11.0. The van der Waals surface area contributed by atoms with Gasteiger partial charge in [0.15, 0.2) is 0 Å². The highest BCUT2D eigenvalue weighted by Crippen LogP contribution is 2.19. The van der Waals surface area contributed by atoms with Crippen LogP contribution in [0.4, 0.5) is 26.7 Å². The molecule has 0 saturated carbocycles. The minimum Gasteiger partial charge on any atom is -0.491 e. The Balaban J connectivity index is 1.44. The number of ether oxygens (including phenoxy) is 2. The molecule has 188 valence electrons. The zero-order valence-corrected chi connectivity index (χ0v) is 20.1. The van der Waals surface area contributed by atoms with Crippen LogP contribution in [0, 0.1) is 6.92 Å². The minimum absolute atomic E-state index is 0.0295. The van der Waals surface area contributed by atoms with Gasteiger partial charge in [0.05, 0.1) is 6.10 Å². The van der Waals surface area contributed by atoms with Crippen LogP contribution in [0.15, 0.2) is 72.8 Å². The third-order valence-corrected chi connectivity index (χ3v) is 5.15. The molecule has 0 saturated heterocycles. The first-order chi connectivity index (χ1) is 17.3. The average Bonchev–Trinajstić information content (AvgIpc) is 2.84. The molecule has 1 atom stereocenters. The molecule has 1 unspecified atom stereocenters. The van der Waals surface area contributed by atoms with E-state index in [9.17, 15) is 14.4 Å². The minimum atomic E-state index is -0.867. The van der Waals surface area contributed by atoms with Crippen LogP contribution >= 0.6 is 0 Å². The predicted octanol–water partition coefficient (Wildman–Crippen LogP) is 6.02. The molecule has 3 rings (SSSR count). The van der Waals surface area contributed by atoms with Gasteiger partial charge in [-0.05, 0) is 73.9 Å². The first-order valence-corrected chi connectivity index (χ1v) is 11.4. The second kappa shape index (κ2) is 12.8. The number of anilines is 3. The number of carbonyl (C=O) groups is 3. The van der Waals surface area contributed by atoms with Crippen molar-refractivity contribution in [2.75, 3.05) is 16.0 Å². The topological polar surface area (TPSA) is 126 Å². The number of amides is 3. The number of aliphatic carboxylic acids is 1. The highest BCUT2D eigenvalue weighted by Gasteiger charge is 2.09. The van der Waals surface area contributed by atoms with Gasteiger partial charge in [0.1, 0.15) is 12.4 Å². The van der Waals surface area contributed by atoms with Crippen molar-refractivity contribution in [1.29, 1.82) is 0 Å². The second-order valence-electron chi connectivity index (χ2n) is 8.18. The van der Waals surface area contributed by atoms with Gasteiger partial charge in [0, 0.05) is 23.5 Å². The largest absolute Gasteiger partial charge is 0.491 e. The Morgan fingerprint density at radius 3 is 2.28 bits per heavy atom. The molecule has 0 heterocycles. The third-order valence-electron chi connectivity index (χ3n) is 5.15. The number of nitrogens with one attached hydrogen (secondary N) is 3.